The van der Waals surface area contributed by atoms with Crippen molar-refractivity contribution in [2.75, 3.05) is 26.2 Å². The number of rotatable bonds is 5. The van der Waals surface area contributed by atoms with Crippen molar-refractivity contribution in [1.29, 1.82) is 0 Å². The van der Waals surface area contributed by atoms with Crippen LogP contribution in [0.4, 0.5) is 5.82 Å². The molecule has 1 radical (unpaired) electrons. The first-order valence-corrected chi connectivity index (χ1v) is 9.34. The SMILES string of the molecule is Cc1cc2n(n1)CC(CNC1CCN(Cc3ccccn3)CC1)C[N]2. The van der Waals surface area contributed by atoms with Crippen molar-refractivity contribution in [2.24, 2.45) is 5.92 Å². The first kappa shape index (κ1) is 16.5. The summed E-state index contributed by atoms with van der Waals surface area (Å²) in [5.74, 6) is 1.59. The summed E-state index contributed by atoms with van der Waals surface area (Å²) >= 11 is 0. The molecule has 4 heterocycles. The van der Waals surface area contributed by atoms with Crippen LogP contribution in [0.25, 0.3) is 0 Å². The normalized spacial score (nSPS) is 21.7. The van der Waals surface area contributed by atoms with E-state index in [9.17, 15) is 0 Å². The van der Waals surface area contributed by atoms with E-state index in [0.717, 1.165) is 50.8 Å². The van der Waals surface area contributed by atoms with E-state index in [1.807, 2.05) is 19.2 Å². The van der Waals surface area contributed by atoms with E-state index in [2.05, 4.69) is 48.5 Å². The van der Waals surface area contributed by atoms with Gasteiger partial charge in [0.15, 0.2) is 0 Å². The van der Waals surface area contributed by atoms with Crippen LogP contribution in [0.15, 0.2) is 30.5 Å². The van der Waals surface area contributed by atoms with Crippen LogP contribution in [0.1, 0.15) is 24.2 Å². The Bertz CT molecular complexity index is 674. The summed E-state index contributed by atoms with van der Waals surface area (Å²) in [4.78, 5) is 6.94. The highest BCUT2D eigenvalue weighted by atomic mass is 15.3. The predicted octanol–water partition coefficient (Wildman–Crippen LogP) is 1.71. The van der Waals surface area contributed by atoms with E-state index in [1.165, 1.54) is 18.5 Å². The fourth-order valence-corrected chi connectivity index (χ4v) is 3.80. The molecule has 0 spiro atoms. The van der Waals surface area contributed by atoms with Gasteiger partial charge < -0.3 is 5.32 Å². The minimum atomic E-state index is 0.554. The fraction of sp³-hybridized carbons (Fsp3) is 0.579. The van der Waals surface area contributed by atoms with Crippen molar-refractivity contribution in [3.63, 3.8) is 0 Å². The lowest BCUT2D eigenvalue weighted by atomic mass is 10.0. The number of nitrogens with one attached hydrogen (secondary N) is 1. The lowest BCUT2D eigenvalue weighted by Gasteiger charge is -2.33. The Morgan fingerprint density at radius 2 is 2.12 bits per heavy atom. The summed E-state index contributed by atoms with van der Waals surface area (Å²) in [6.07, 6.45) is 4.30. The molecule has 0 saturated carbocycles. The van der Waals surface area contributed by atoms with Gasteiger partial charge in [0.05, 0.1) is 11.4 Å². The van der Waals surface area contributed by atoms with Gasteiger partial charge in [0.25, 0.3) is 0 Å². The van der Waals surface area contributed by atoms with Gasteiger partial charge in [-0.15, -0.1) is 0 Å². The van der Waals surface area contributed by atoms with Gasteiger partial charge in [-0.1, -0.05) is 6.07 Å². The van der Waals surface area contributed by atoms with E-state index < -0.39 is 0 Å². The van der Waals surface area contributed by atoms with Gasteiger partial charge in [0.1, 0.15) is 5.82 Å². The van der Waals surface area contributed by atoms with E-state index >= 15 is 0 Å². The molecule has 1 unspecified atom stereocenters. The van der Waals surface area contributed by atoms with Crippen molar-refractivity contribution < 1.29 is 0 Å². The summed E-state index contributed by atoms with van der Waals surface area (Å²) in [6.45, 7) is 8.22. The highest BCUT2D eigenvalue weighted by molar-refractivity contribution is 5.29. The smallest absolute Gasteiger partial charge is 0.145 e. The van der Waals surface area contributed by atoms with E-state index in [-0.39, 0.29) is 0 Å². The number of hydrogen-bond donors (Lipinski definition) is 1. The molecule has 2 aliphatic heterocycles. The second-order valence-electron chi connectivity index (χ2n) is 7.31. The zero-order valence-electron chi connectivity index (χ0n) is 14.9. The summed E-state index contributed by atoms with van der Waals surface area (Å²) in [5, 5.41) is 13.0. The number of pyridine rings is 1. The molecule has 1 atom stereocenters. The molecule has 1 N–H and O–H groups in total. The molecule has 133 valence electrons. The summed E-state index contributed by atoms with van der Waals surface area (Å²) in [6, 6.07) is 8.85. The minimum absolute atomic E-state index is 0.554. The third-order valence-electron chi connectivity index (χ3n) is 5.22. The van der Waals surface area contributed by atoms with Crippen LogP contribution in [-0.2, 0) is 13.1 Å². The average molecular weight is 339 g/mol. The Labute approximate surface area is 149 Å². The van der Waals surface area contributed by atoms with Gasteiger partial charge in [-0.25, -0.2) is 4.68 Å². The van der Waals surface area contributed by atoms with Gasteiger partial charge in [0, 0.05) is 63.5 Å². The Hall–Kier alpha value is -1.92. The van der Waals surface area contributed by atoms with E-state index in [1.54, 1.807) is 0 Å². The average Bonchev–Trinajstić information content (AvgIpc) is 3.01. The maximum Gasteiger partial charge on any atom is 0.145 e. The Morgan fingerprint density at radius 3 is 2.92 bits per heavy atom. The lowest BCUT2D eigenvalue weighted by Crippen LogP contribution is -2.45. The molecule has 2 aliphatic rings. The number of likely N-dealkylation sites (tertiary alicyclic amines) is 1. The highest BCUT2D eigenvalue weighted by Crippen LogP contribution is 2.19. The van der Waals surface area contributed by atoms with Crippen molar-refractivity contribution in [3.05, 3.63) is 41.9 Å². The largest absolute Gasteiger partial charge is 0.313 e. The van der Waals surface area contributed by atoms with Gasteiger partial charge in [-0.3, -0.25) is 15.2 Å². The molecule has 0 bridgehead atoms. The fourth-order valence-electron chi connectivity index (χ4n) is 3.80. The van der Waals surface area contributed by atoms with Gasteiger partial charge in [-0.05, 0) is 31.9 Å². The Kier molecular flexibility index (Phi) is 4.99. The molecule has 0 aromatic carbocycles. The first-order chi connectivity index (χ1) is 12.3. The topological polar surface area (TPSA) is 60.1 Å². The standard InChI is InChI=1S/C19H27N6/c1-15-10-19-22-12-16(13-25(19)23-15)11-21-17-5-8-24(9-6-17)14-18-4-2-3-7-20-18/h2-4,7,10,16-17,21H,5-6,8-9,11-14H2,1H3. The molecule has 0 amide bonds. The number of hydrogen-bond acceptors (Lipinski definition) is 4. The summed E-state index contributed by atoms with van der Waals surface area (Å²) in [7, 11) is 0. The van der Waals surface area contributed by atoms with Gasteiger partial charge >= 0.3 is 0 Å². The van der Waals surface area contributed by atoms with E-state index in [4.69, 9.17) is 0 Å². The molecule has 2 aromatic rings. The van der Waals surface area contributed by atoms with Gasteiger partial charge in [-0.2, -0.15) is 5.10 Å². The molecule has 4 rings (SSSR count). The highest BCUT2D eigenvalue weighted by Gasteiger charge is 2.23. The number of piperidine rings is 1. The Balaban J connectivity index is 1.19. The molecule has 0 aliphatic carbocycles. The number of aromatic nitrogens is 3. The van der Waals surface area contributed by atoms with Crippen LogP contribution < -0.4 is 10.6 Å². The van der Waals surface area contributed by atoms with Crippen molar-refractivity contribution >= 4 is 5.82 Å². The van der Waals surface area contributed by atoms with Crippen LogP contribution in [0.3, 0.4) is 0 Å². The second-order valence-corrected chi connectivity index (χ2v) is 7.31. The second kappa shape index (κ2) is 7.54. The van der Waals surface area contributed by atoms with E-state index in [0.29, 0.717) is 12.0 Å². The third kappa shape index (κ3) is 4.19. The Morgan fingerprint density at radius 1 is 1.24 bits per heavy atom. The van der Waals surface area contributed by atoms with Crippen LogP contribution in [-0.4, -0.2) is 51.9 Å². The quantitative estimate of drug-likeness (QED) is 0.901. The zero-order valence-corrected chi connectivity index (χ0v) is 14.9. The lowest BCUT2D eigenvalue weighted by molar-refractivity contribution is 0.184. The number of fused-ring (bicyclic) bond motifs is 1. The van der Waals surface area contributed by atoms with Crippen molar-refractivity contribution in [3.8, 4) is 0 Å². The van der Waals surface area contributed by atoms with Crippen molar-refractivity contribution in [2.45, 2.75) is 38.9 Å². The first-order valence-electron chi connectivity index (χ1n) is 9.34. The molecule has 2 aromatic heterocycles. The summed E-state index contributed by atoms with van der Waals surface area (Å²) in [5.41, 5.74) is 2.23. The monoisotopic (exact) mass is 339 g/mol. The minimum Gasteiger partial charge on any atom is -0.313 e. The number of aryl methyl sites for hydroxylation is 1. The maximum absolute atomic E-state index is 4.66. The zero-order chi connectivity index (χ0) is 17.1. The predicted molar refractivity (Wildman–Crippen MR) is 97.7 cm³/mol. The maximum atomic E-state index is 4.66. The number of nitrogens with zero attached hydrogens (tertiary/aromatic N) is 5. The third-order valence-corrected chi connectivity index (χ3v) is 5.22. The van der Waals surface area contributed by atoms with Crippen LogP contribution in [0.2, 0.25) is 0 Å². The van der Waals surface area contributed by atoms with Crippen LogP contribution in [0, 0.1) is 12.8 Å². The molecule has 1 fully saturated rings. The summed E-state index contributed by atoms with van der Waals surface area (Å²) < 4.78 is 2.06. The molecular weight excluding hydrogens is 312 g/mol. The van der Waals surface area contributed by atoms with Crippen molar-refractivity contribution in [1.82, 2.24) is 30.3 Å². The molecular formula is C19H27N6. The molecule has 1 saturated heterocycles. The van der Waals surface area contributed by atoms with Gasteiger partial charge in [0.2, 0.25) is 0 Å². The molecule has 25 heavy (non-hydrogen) atoms. The molecule has 6 nitrogen and oxygen atoms in total. The van der Waals surface area contributed by atoms with Crippen LogP contribution in [0.5, 0.6) is 0 Å². The molecule has 6 heteroatoms. The van der Waals surface area contributed by atoms with Crippen LogP contribution >= 0.6 is 0 Å².